The molecular formula is C11H24NRf-. The summed E-state index contributed by atoms with van der Waals surface area (Å²) in [5, 5.41) is 3.30. The van der Waals surface area contributed by atoms with Gasteiger partial charge in [0.2, 0.25) is 0 Å². The Morgan fingerprint density at radius 1 is 1.23 bits per heavy atom. The first-order chi connectivity index (χ1) is 5.85. The van der Waals surface area contributed by atoms with Crippen LogP contribution in [0, 0.1) is 6.92 Å². The molecule has 0 aromatic carbocycles. The molecule has 0 atom stereocenters. The normalized spacial score (nSPS) is 16.8. The summed E-state index contributed by atoms with van der Waals surface area (Å²) in [5.41, 5.74) is 0. The van der Waals surface area contributed by atoms with Crippen molar-refractivity contribution in [2.24, 2.45) is 0 Å². The smallest absolute Gasteiger partial charge is 0.00640 e. The van der Waals surface area contributed by atoms with Gasteiger partial charge in [0.05, 0.1) is 0 Å². The molecule has 0 amide bonds. The molecule has 0 radical (unpaired) electrons. The molecule has 1 nitrogen and oxygen atoms in total. The minimum Gasteiger partial charge on any atom is -0.343 e. The van der Waals surface area contributed by atoms with Crippen molar-refractivity contribution in [2.45, 2.75) is 57.9 Å². The third-order valence-corrected chi connectivity index (χ3v) is 2.37. The maximum absolute atomic E-state index is 3.60. The second-order valence-electron chi connectivity index (χ2n) is 3.48. The summed E-state index contributed by atoms with van der Waals surface area (Å²) in [7, 11) is 2.07. The van der Waals surface area contributed by atoms with Gasteiger partial charge in [0, 0.05) is 6.04 Å². The van der Waals surface area contributed by atoms with Gasteiger partial charge in [-0.25, -0.2) is 0 Å². The molecule has 0 aromatic rings. The molecule has 13 heavy (non-hydrogen) atoms. The van der Waals surface area contributed by atoms with Crippen LogP contribution in [-0.2, 0) is 0 Å². The zero-order chi connectivity index (χ0) is 9.23. The van der Waals surface area contributed by atoms with Crippen molar-refractivity contribution < 1.29 is 0 Å². The predicted octanol–water partition coefficient (Wildman–Crippen LogP) is 3.16. The topological polar surface area (TPSA) is 12.0 Å². The van der Waals surface area contributed by atoms with Gasteiger partial charge in [0.25, 0.3) is 0 Å². The molecular weight excluding hydrogens is 413 g/mol. The van der Waals surface area contributed by atoms with Gasteiger partial charge in [0.15, 0.2) is 0 Å². The van der Waals surface area contributed by atoms with E-state index in [-0.39, 0.29) is 0 Å². The van der Waals surface area contributed by atoms with Crippen LogP contribution in [0.15, 0.2) is 0 Å². The Labute approximate surface area is 77.9 Å². The number of hydrogen-bond donors (Lipinski definition) is 1. The minimum absolute atomic E-state index is 0. The summed E-state index contributed by atoms with van der Waals surface area (Å²) in [6.07, 6.45) is 9.40. The second-order valence-corrected chi connectivity index (χ2v) is 3.48. The zero-order valence-electron chi connectivity index (χ0n) is 9.44. The molecule has 1 N–H and O–H groups in total. The minimum atomic E-state index is 0. The molecule has 1 fully saturated rings. The van der Waals surface area contributed by atoms with Gasteiger partial charge < -0.3 is 12.2 Å². The molecule has 0 spiro atoms. The Bertz CT molecular complexity index is 78.2. The van der Waals surface area contributed by atoms with Crippen LogP contribution in [0.25, 0.3) is 0 Å². The van der Waals surface area contributed by atoms with E-state index >= 15 is 0 Å². The van der Waals surface area contributed by atoms with Crippen LogP contribution in [0.3, 0.4) is 0 Å². The summed E-state index contributed by atoms with van der Waals surface area (Å²) in [6, 6.07) is 0.837. The third-order valence-electron chi connectivity index (χ3n) is 2.37. The molecule has 0 aliphatic heterocycles. The van der Waals surface area contributed by atoms with Crippen LogP contribution < -0.4 is 5.32 Å². The van der Waals surface area contributed by atoms with Crippen LogP contribution in [0.4, 0.5) is 0 Å². The molecule has 0 unspecified atom stereocenters. The summed E-state index contributed by atoms with van der Waals surface area (Å²) in [5.74, 6) is 0. The number of unbranched alkanes of at least 4 members (excludes halogenated alkanes) is 1. The van der Waals surface area contributed by atoms with Gasteiger partial charge in [-0.2, -0.15) is 6.42 Å². The van der Waals surface area contributed by atoms with Crippen molar-refractivity contribution >= 4 is 0 Å². The number of nitrogens with one attached hydrogen (secondary N) is 1. The monoisotopic (exact) mass is 437 g/mol. The maximum atomic E-state index is 3.60. The molecule has 2 heteroatoms. The largest absolute Gasteiger partial charge is 0.343 e. The van der Waals surface area contributed by atoms with E-state index in [1.807, 2.05) is 0 Å². The van der Waals surface area contributed by atoms with Crippen LogP contribution in [0.1, 0.15) is 51.9 Å². The van der Waals surface area contributed by atoms with Gasteiger partial charge in [-0.3, -0.25) is 0 Å². The molecule has 1 aliphatic carbocycles. The third kappa shape index (κ3) is 8.87. The summed E-state index contributed by atoms with van der Waals surface area (Å²) in [4.78, 5) is 0. The molecule has 76 valence electrons. The van der Waals surface area contributed by atoms with Gasteiger partial charge in [-0.15, -0.1) is 0 Å². The van der Waals surface area contributed by atoms with Gasteiger partial charge in [-0.05, 0) is 19.9 Å². The van der Waals surface area contributed by atoms with Crippen molar-refractivity contribution in [3.8, 4) is 0 Å². The van der Waals surface area contributed by atoms with Gasteiger partial charge >= 0.3 is 0 Å². The van der Waals surface area contributed by atoms with E-state index < -0.39 is 0 Å². The molecule has 0 bridgehead atoms. The Morgan fingerprint density at radius 3 is 1.92 bits per heavy atom. The van der Waals surface area contributed by atoms with E-state index in [1.165, 1.54) is 38.5 Å². The predicted molar refractivity (Wildman–Crippen MR) is 56.2 cm³/mol. The van der Waals surface area contributed by atoms with E-state index in [9.17, 15) is 0 Å². The quantitative estimate of drug-likeness (QED) is 0.655. The first-order valence-corrected chi connectivity index (χ1v) is 5.31. The van der Waals surface area contributed by atoms with E-state index in [0.717, 1.165) is 12.5 Å². The Morgan fingerprint density at radius 2 is 1.69 bits per heavy atom. The Hall–Kier alpha value is -1.04. The molecule has 0 aromatic heterocycles. The maximum Gasteiger partial charge on any atom is 0.00640 e. The van der Waals surface area contributed by atoms with E-state index in [2.05, 4.69) is 26.2 Å². The standard InChI is InChI=1S/C7H15N.C4H9.Rf/c1-8-7-5-3-2-4-6-7;1-3-4-2;/h7-8H,2-6H2,1H3;1,3-4H2,2H3;/q;-1;. The van der Waals surface area contributed by atoms with E-state index in [4.69, 9.17) is 0 Å². The number of rotatable bonds is 2. The Kier molecular flexibility index (Phi) is 12.2. The average molecular weight is 437 g/mol. The van der Waals surface area contributed by atoms with Crippen molar-refractivity contribution in [2.75, 3.05) is 7.05 Å². The van der Waals surface area contributed by atoms with Crippen molar-refractivity contribution in [1.82, 2.24) is 5.32 Å². The number of hydrogen-bond acceptors (Lipinski definition) is 1. The summed E-state index contributed by atoms with van der Waals surface area (Å²) in [6.45, 7) is 5.72. The van der Waals surface area contributed by atoms with E-state index in [0.29, 0.717) is 0 Å². The van der Waals surface area contributed by atoms with Crippen LogP contribution in [0.5, 0.6) is 0 Å². The second kappa shape index (κ2) is 11.0. The summed E-state index contributed by atoms with van der Waals surface area (Å²) < 4.78 is 0. The molecule has 0 heterocycles. The first-order valence-electron chi connectivity index (χ1n) is 5.31. The zero-order valence-corrected chi connectivity index (χ0v) is 15.8. The Balaban J connectivity index is 0. The molecule has 0 saturated heterocycles. The van der Waals surface area contributed by atoms with Crippen molar-refractivity contribution in [1.29, 1.82) is 0 Å². The van der Waals surface area contributed by atoms with Crippen LogP contribution in [-0.4, -0.2) is 13.1 Å². The molecule has 1 aliphatic rings. The van der Waals surface area contributed by atoms with Crippen molar-refractivity contribution in [3.63, 3.8) is 0 Å². The first kappa shape index (κ1) is 14.5. The molecule has 1 saturated carbocycles. The summed E-state index contributed by atoms with van der Waals surface area (Å²) >= 11 is 0. The molecule has 1 rings (SSSR count). The van der Waals surface area contributed by atoms with Gasteiger partial charge in [-0.1, -0.05) is 32.6 Å². The van der Waals surface area contributed by atoms with Crippen LogP contribution in [0.2, 0.25) is 0 Å². The van der Waals surface area contributed by atoms with Gasteiger partial charge in [0.1, 0.15) is 0 Å². The fourth-order valence-electron chi connectivity index (χ4n) is 1.39. The van der Waals surface area contributed by atoms with Crippen molar-refractivity contribution in [3.05, 3.63) is 6.92 Å². The van der Waals surface area contributed by atoms with Crippen LogP contribution >= 0.6 is 0 Å². The van der Waals surface area contributed by atoms with E-state index in [1.54, 1.807) is 0 Å². The fourth-order valence-corrected chi connectivity index (χ4v) is 1.39. The SMILES string of the molecule is CNC1CCCCC1.[CH2-]CCC.[Rf]. The fraction of sp³-hybridized carbons (Fsp3) is 0.909. The average Bonchev–Trinajstić information content (AvgIpc) is 2.19.